The first-order chi connectivity index (χ1) is 6.27. The molecule has 2 heterocycles. The van der Waals surface area contributed by atoms with Gasteiger partial charge in [0.1, 0.15) is 0 Å². The van der Waals surface area contributed by atoms with Crippen LogP contribution >= 0.6 is 27.3 Å². The van der Waals surface area contributed by atoms with Crippen LogP contribution in [0.3, 0.4) is 0 Å². The van der Waals surface area contributed by atoms with Crippen LogP contribution in [0, 0.1) is 0 Å². The fourth-order valence-electron chi connectivity index (χ4n) is 1.98. The molecule has 0 N–H and O–H groups in total. The third-order valence-electron chi connectivity index (χ3n) is 2.57. The summed E-state index contributed by atoms with van der Waals surface area (Å²) in [5.41, 5.74) is 4.26. The first kappa shape index (κ1) is 7.83. The molecule has 0 bridgehead atoms. The van der Waals surface area contributed by atoms with Gasteiger partial charge in [0, 0.05) is 40.0 Å². The number of aromatic nitrogens is 1. The third-order valence-corrected chi connectivity index (χ3v) is 4.48. The van der Waals surface area contributed by atoms with E-state index in [2.05, 4.69) is 45.2 Å². The van der Waals surface area contributed by atoms with E-state index in [1.165, 1.54) is 26.2 Å². The number of fused-ring (bicyclic) bond motifs is 3. The standard InChI is InChI=1S/C10H8BrNS/c1-12-3-2-6-4-8-9(10(6)12)7(11)5-13-8/h2-3,5H,4H2,1H3. The maximum atomic E-state index is 3.60. The highest BCUT2D eigenvalue weighted by Crippen LogP contribution is 2.44. The zero-order valence-electron chi connectivity index (χ0n) is 7.17. The minimum Gasteiger partial charge on any atom is -0.350 e. The van der Waals surface area contributed by atoms with Crippen molar-refractivity contribution < 1.29 is 0 Å². The molecule has 0 unspecified atom stereocenters. The average Bonchev–Trinajstić information content (AvgIpc) is 2.69. The van der Waals surface area contributed by atoms with Crippen molar-refractivity contribution in [2.45, 2.75) is 6.42 Å². The summed E-state index contributed by atoms with van der Waals surface area (Å²) >= 11 is 5.45. The van der Waals surface area contributed by atoms with Gasteiger partial charge in [0.25, 0.3) is 0 Å². The molecule has 1 aliphatic carbocycles. The minimum absolute atomic E-state index is 1.11. The number of hydrogen-bond donors (Lipinski definition) is 0. The van der Waals surface area contributed by atoms with Crippen LogP contribution in [0.1, 0.15) is 10.4 Å². The molecule has 2 aromatic rings. The van der Waals surface area contributed by atoms with Gasteiger partial charge in [-0.25, -0.2) is 0 Å². The highest BCUT2D eigenvalue weighted by Gasteiger charge is 2.24. The van der Waals surface area contributed by atoms with Crippen LogP contribution < -0.4 is 0 Å². The lowest BCUT2D eigenvalue weighted by Gasteiger charge is -1.99. The Morgan fingerprint density at radius 1 is 1.54 bits per heavy atom. The Morgan fingerprint density at radius 3 is 3.23 bits per heavy atom. The Morgan fingerprint density at radius 2 is 2.38 bits per heavy atom. The van der Waals surface area contributed by atoms with E-state index in [0.717, 1.165) is 6.42 Å². The molecule has 0 fully saturated rings. The summed E-state index contributed by atoms with van der Waals surface area (Å²) in [6.45, 7) is 0. The molecule has 66 valence electrons. The second-order valence-corrected chi connectivity index (χ2v) is 5.18. The van der Waals surface area contributed by atoms with Gasteiger partial charge in [-0.1, -0.05) is 0 Å². The Hall–Kier alpha value is -0.540. The van der Waals surface area contributed by atoms with Crippen LogP contribution in [0.2, 0.25) is 0 Å². The predicted molar refractivity (Wildman–Crippen MR) is 59.2 cm³/mol. The van der Waals surface area contributed by atoms with Crippen molar-refractivity contribution in [1.82, 2.24) is 4.57 Å². The van der Waals surface area contributed by atoms with Crippen molar-refractivity contribution in [1.29, 1.82) is 0 Å². The molecule has 0 amide bonds. The van der Waals surface area contributed by atoms with Crippen molar-refractivity contribution in [3.05, 3.63) is 32.6 Å². The summed E-state index contributed by atoms with van der Waals surface area (Å²) in [6, 6.07) is 2.22. The zero-order chi connectivity index (χ0) is 9.00. The van der Waals surface area contributed by atoms with E-state index >= 15 is 0 Å². The molecule has 0 aromatic carbocycles. The summed E-state index contributed by atoms with van der Waals surface area (Å²) in [5.74, 6) is 0. The van der Waals surface area contributed by atoms with Crippen LogP contribution in [0.5, 0.6) is 0 Å². The summed E-state index contributed by atoms with van der Waals surface area (Å²) in [4.78, 5) is 1.49. The molecule has 13 heavy (non-hydrogen) atoms. The molecule has 0 atom stereocenters. The summed E-state index contributed by atoms with van der Waals surface area (Å²) in [7, 11) is 2.11. The normalized spacial score (nSPS) is 13.1. The molecule has 0 aliphatic heterocycles. The maximum absolute atomic E-state index is 3.60. The van der Waals surface area contributed by atoms with Gasteiger partial charge in [-0.15, -0.1) is 11.3 Å². The molecule has 3 rings (SSSR count). The van der Waals surface area contributed by atoms with Gasteiger partial charge >= 0.3 is 0 Å². The molecule has 3 heteroatoms. The topological polar surface area (TPSA) is 4.93 Å². The van der Waals surface area contributed by atoms with Gasteiger partial charge in [0.15, 0.2) is 0 Å². The van der Waals surface area contributed by atoms with Crippen molar-refractivity contribution in [2.24, 2.45) is 7.05 Å². The van der Waals surface area contributed by atoms with E-state index in [9.17, 15) is 0 Å². The van der Waals surface area contributed by atoms with Crippen molar-refractivity contribution >= 4 is 27.3 Å². The second-order valence-electron chi connectivity index (χ2n) is 3.36. The van der Waals surface area contributed by atoms with Gasteiger partial charge < -0.3 is 4.57 Å². The van der Waals surface area contributed by atoms with Gasteiger partial charge in [-0.2, -0.15) is 0 Å². The monoisotopic (exact) mass is 253 g/mol. The number of nitrogens with zero attached hydrogens (tertiary/aromatic N) is 1. The number of hydrogen-bond acceptors (Lipinski definition) is 1. The third kappa shape index (κ3) is 0.916. The quantitative estimate of drug-likeness (QED) is 0.579. The number of halogens is 1. The van der Waals surface area contributed by atoms with E-state index in [1.807, 2.05) is 11.3 Å². The molecule has 1 aliphatic rings. The maximum Gasteiger partial charge on any atom is 0.0536 e. The number of aryl methyl sites for hydroxylation is 1. The molecule has 0 saturated carbocycles. The van der Waals surface area contributed by atoms with E-state index in [4.69, 9.17) is 0 Å². The van der Waals surface area contributed by atoms with E-state index in [1.54, 1.807) is 0 Å². The van der Waals surface area contributed by atoms with Crippen molar-refractivity contribution in [3.63, 3.8) is 0 Å². The van der Waals surface area contributed by atoms with Gasteiger partial charge in [-0.05, 0) is 27.6 Å². The fourth-order valence-corrected chi connectivity index (χ4v) is 3.75. The van der Waals surface area contributed by atoms with Gasteiger partial charge in [0.05, 0.1) is 5.69 Å². The first-order valence-corrected chi connectivity index (χ1v) is 5.85. The first-order valence-electron chi connectivity index (χ1n) is 4.18. The van der Waals surface area contributed by atoms with E-state index < -0.39 is 0 Å². The molecular formula is C10H8BrNS. The van der Waals surface area contributed by atoms with Crippen molar-refractivity contribution in [2.75, 3.05) is 0 Å². The Kier molecular flexibility index (Phi) is 1.50. The van der Waals surface area contributed by atoms with Crippen LogP contribution in [0.25, 0.3) is 11.3 Å². The molecule has 0 radical (unpaired) electrons. The number of thiophene rings is 1. The summed E-state index contributed by atoms with van der Waals surface area (Å²) in [6.07, 6.45) is 3.25. The largest absolute Gasteiger partial charge is 0.350 e. The second kappa shape index (κ2) is 2.49. The minimum atomic E-state index is 1.11. The highest BCUT2D eigenvalue weighted by atomic mass is 79.9. The SMILES string of the molecule is Cn1ccc2c1-c1c(Br)csc1C2. The van der Waals surface area contributed by atoms with E-state index in [-0.39, 0.29) is 0 Å². The van der Waals surface area contributed by atoms with Crippen LogP contribution in [-0.2, 0) is 13.5 Å². The predicted octanol–water partition coefficient (Wildman–Crippen LogP) is 3.42. The fraction of sp³-hybridized carbons (Fsp3) is 0.200. The lowest BCUT2D eigenvalue weighted by atomic mass is 10.2. The lowest BCUT2D eigenvalue weighted by Crippen LogP contribution is -1.87. The molecule has 0 saturated heterocycles. The van der Waals surface area contributed by atoms with Crippen LogP contribution in [0.15, 0.2) is 22.1 Å². The Labute approximate surface area is 89.1 Å². The van der Waals surface area contributed by atoms with Crippen LogP contribution in [-0.4, -0.2) is 4.57 Å². The van der Waals surface area contributed by atoms with Gasteiger partial charge in [0.2, 0.25) is 0 Å². The van der Waals surface area contributed by atoms with Crippen molar-refractivity contribution in [3.8, 4) is 11.3 Å². The zero-order valence-corrected chi connectivity index (χ0v) is 9.58. The molecule has 1 nitrogen and oxygen atoms in total. The summed E-state index contributed by atoms with van der Waals surface area (Å²) in [5, 5.41) is 2.18. The molecule has 0 spiro atoms. The molecular weight excluding hydrogens is 246 g/mol. The molecule has 2 aromatic heterocycles. The number of rotatable bonds is 0. The average molecular weight is 254 g/mol. The van der Waals surface area contributed by atoms with E-state index in [0.29, 0.717) is 0 Å². The Balaban J connectivity index is 2.39. The highest BCUT2D eigenvalue weighted by molar-refractivity contribution is 9.10. The lowest BCUT2D eigenvalue weighted by molar-refractivity contribution is 0.937. The Bertz CT molecular complexity index is 437. The smallest absolute Gasteiger partial charge is 0.0536 e. The summed E-state index contributed by atoms with van der Waals surface area (Å²) < 4.78 is 3.45. The van der Waals surface area contributed by atoms with Crippen LogP contribution in [0.4, 0.5) is 0 Å². The van der Waals surface area contributed by atoms with Gasteiger partial charge in [-0.3, -0.25) is 0 Å².